The van der Waals surface area contributed by atoms with Crippen LogP contribution in [0.25, 0.3) is 10.1 Å². The van der Waals surface area contributed by atoms with Crippen molar-refractivity contribution < 1.29 is 14.3 Å². The predicted octanol–water partition coefficient (Wildman–Crippen LogP) is 4.07. The summed E-state index contributed by atoms with van der Waals surface area (Å²) < 4.78 is 6.39. The molecule has 1 N–H and O–H groups in total. The predicted molar refractivity (Wildman–Crippen MR) is 107 cm³/mol. The highest BCUT2D eigenvalue weighted by Crippen LogP contribution is 2.34. The van der Waals surface area contributed by atoms with Crippen molar-refractivity contribution in [1.29, 1.82) is 0 Å². The Morgan fingerprint density at radius 2 is 2.15 bits per heavy atom. The average Bonchev–Trinajstić information content (AvgIpc) is 3.13. The molecule has 0 saturated carbocycles. The first-order valence-corrected chi connectivity index (χ1v) is 9.60. The van der Waals surface area contributed by atoms with E-state index in [1.807, 2.05) is 12.1 Å². The summed E-state index contributed by atoms with van der Waals surface area (Å²) in [6.45, 7) is 0.663. The minimum Gasteiger partial charge on any atom is -0.495 e. The van der Waals surface area contributed by atoms with Gasteiger partial charge in [-0.15, -0.1) is 11.3 Å². The number of amides is 2. The molecule has 3 heterocycles. The Bertz CT molecular complexity index is 982. The number of piperidine rings is 1. The molecule has 0 spiro atoms. The molecule has 0 atom stereocenters. The molecule has 2 aromatic heterocycles. The highest BCUT2D eigenvalue weighted by Gasteiger charge is 2.23. The molecular weight excluding hydrogens is 362 g/mol. The summed E-state index contributed by atoms with van der Waals surface area (Å²) in [5.74, 6) is 0.522. The molecular formula is C20H19N3O3S. The molecule has 27 heavy (non-hydrogen) atoms. The minimum absolute atomic E-state index is 0.0834. The number of aromatic nitrogens is 1. The third kappa shape index (κ3) is 3.50. The van der Waals surface area contributed by atoms with Gasteiger partial charge in [-0.05, 0) is 48.6 Å². The van der Waals surface area contributed by atoms with E-state index in [0.717, 1.165) is 22.9 Å². The SMILES string of the molecule is COc1ccc(NC(=O)c2cc3ccncc3s2)cc1N1CCCCC1=O. The third-order valence-electron chi connectivity index (χ3n) is 4.60. The first-order chi connectivity index (χ1) is 13.2. The van der Waals surface area contributed by atoms with E-state index < -0.39 is 0 Å². The molecule has 0 bridgehead atoms. The molecule has 3 aromatic rings. The van der Waals surface area contributed by atoms with E-state index >= 15 is 0 Å². The second-order valence-corrected chi connectivity index (χ2v) is 7.45. The molecule has 1 aromatic carbocycles. The zero-order valence-electron chi connectivity index (χ0n) is 14.9. The van der Waals surface area contributed by atoms with Gasteiger partial charge in [-0.3, -0.25) is 14.6 Å². The van der Waals surface area contributed by atoms with E-state index in [2.05, 4.69) is 10.3 Å². The highest BCUT2D eigenvalue weighted by atomic mass is 32.1. The summed E-state index contributed by atoms with van der Waals surface area (Å²) in [5.41, 5.74) is 1.32. The van der Waals surface area contributed by atoms with Crippen molar-refractivity contribution in [2.45, 2.75) is 19.3 Å². The Morgan fingerprint density at radius 3 is 2.93 bits per heavy atom. The fraction of sp³-hybridized carbons (Fsp3) is 0.250. The number of rotatable bonds is 4. The number of ether oxygens (including phenoxy) is 1. The Kier molecular flexibility index (Phi) is 4.77. The number of nitrogens with one attached hydrogen (secondary N) is 1. The number of pyridine rings is 1. The van der Waals surface area contributed by atoms with Gasteiger partial charge in [-0.2, -0.15) is 0 Å². The van der Waals surface area contributed by atoms with Crippen molar-refractivity contribution in [3.8, 4) is 5.75 Å². The van der Waals surface area contributed by atoms with Crippen LogP contribution in [0.3, 0.4) is 0 Å². The number of hydrogen-bond donors (Lipinski definition) is 1. The summed E-state index contributed by atoms with van der Waals surface area (Å²) in [4.78, 5) is 31.4. The number of benzene rings is 1. The summed E-state index contributed by atoms with van der Waals surface area (Å²) in [5, 5.41) is 3.92. The van der Waals surface area contributed by atoms with Crippen LogP contribution in [-0.2, 0) is 4.79 Å². The first-order valence-electron chi connectivity index (χ1n) is 8.79. The maximum atomic E-state index is 12.7. The van der Waals surface area contributed by atoms with E-state index in [0.29, 0.717) is 35.0 Å². The van der Waals surface area contributed by atoms with Crippen LogP contribution in [0.2, 0.25) is 0 Å². The van der Waals surface area contributed by atoms with Crippen molar-refractivity contribution in [3.63, 3.8) is 0 Å². The zero-order chi connectivity index (χ0) is 18.8. The van der Waals surface area contributed by atoms with Gasteiger partial charge in [0.05, 0.1) is 22.4 Å². The van der Waals surface area contributed by atoms with Gasteiger partial charge in [0, 0.05) is 31.0 Å². The van der Waals surface area contributed by atoms with Crippen molar-refractivity contribution in [3.05, 3.63) is 47.6 Å². The Hall–Kier alpha value is -2.93. The molecule has 0 aliphatic carbocycles. The van der Waals surface area contributed by atoms with Crippen molar-refractivity contribution in [1.82, 2.24) is 4.98 Å². The number of fused-ring (bicyclic) bond motifs is 1. The molecule has 7 heteroatoms. The summed E-state index contributed by atoms with van der Waals surface area (Å²) in [6.07, 6.45) is 5.87. The Balaban J connectivity index is 1.60. The molecule has 1 aliphatic heterocycles. The van der Waals surface area contributed by atoms with E-state index in [-0.39, 0.29) is 11.8 Å². The molecule has 6 nitrogen and oxygen atoms in total. The minimum atomic E-state index is -0.183. The van der Waals surface area contributed by atoms with Crippen LogP contribution >= 0.6 is 11.3 Å². The lowest BCUT2D eigenvalue weighted by Gasteiger charge is -2.28. The van der Waals surface area contributed by atoms with E-state index in [1.54, 1.807) is 42.6 Å². The number of thiophene rings is 1. The monoisotopic (exact) mass is 381 g/mol. The lowest BCUT2D eigenvalue weighted by Crippen LogP contribution is -2.35. The van der Waals surface area contributed by atoms with Crippen molar-refractivity contribution in [2.75, 3.05) is 23.9 Å². The van der Waals surface area contributed by atoms with Gasteiger partial charge in [0.15, 0.2) is 0 Å². The summed E-state index contributed by atoms with van der Waals surface area (Å²) in [7, 11) is 1.58. The van der Waals surface area contributed by atoms with Crippen molar-refractivity contribution >= 4 is 44.6 Å². The van der Waals surface area contributed by atoms with Crippen LogP contribution < -0.4 is 15.0 Å². The molecule has 0 unspecified atom stereocenters. The van der Waals surface area contributed by atoms with Gasteiger partial charge in [0.1, 0.15) is 5.75 Å². The van der Waals surface area contributed by atoms with Gasteiger partial charge in [-0.25, -0.2) is 0 Å². The normalized spacial score (nSPS) is 14.4. The van der Waals surface area contributed by atoms with Crippen molar-refractivity contribution in [2.24, 2.45) is 0 Å². The van der Waals surface area contributed by atoms with Crippen LogP contribution in [0, 0.1) is 0 Å². The third-order valence-corrected chi connectivity index (χ3v) is 5.68. The number of carbonyl (C=O) groups excluding carboxylic acids is 2. The second-order valence-electron chi connectivity index (χ2n) is 6.37. The molecule has 2 amide bonds. The van der Waals surface area contributed by atoms with Gasteiger partial charge >= 0.3 is 0 Å². The topological polar surface area (TPSA) is 71.5 Å². The maximum Gasteiger partial charge on any atom is 0.265 e. The van der Waals surface area contributed by atoms with Crippen LogP contribution in [-0.4, -0.2) is 30.5 Å². The average molecular weight is 381 g/mol. The van der Waals surface area contributed by atoms with Gasteiger partial charge in [-0.1, -0.05) is 0 Å². The number of carbonyl (C=O) groups is 2. The van der Waals surface area contributed by atoms with Crippen LogP contribution in [0.15, 0.2) is 42.7 Å². The standard InChI is InChI=1S/C20H19N3O3S/c1-26-16-6-5-14(11-15(16)23-9-3-2-4-19(23)24)22-20(25)17-10-13-7-8-21-12-18(13)27-17/h5-8,10-12H,2-4,9H2,1H3,(H,22,25). The van der Waals surface area contributed by atoms with Gasteiger partial charge < -0.3 is 15.0 Å². The zero-order valence-corrected chi connectivity index (χ0v) is 15.7. The van der Waals surface area contributed by atoms with E-state index in [9.17, 15) is 9.59 Å². The number of anilines is 2. The lowest BCUT2D eigenvalue weighted by atomic mass is 10.1. The molecule has 1 fully saturated rings. The quantitative estimate of drug-likeness (QED) is 0.739. The van der Waals surface area contributed by atoms with Gasteiger partial charge in [0.2, 0.25) is 5.91 Å². The van der Waals surface area contributed by atoms with Gasteiger partial charge in [0.25, 0.3) is 5.91 Å². The van der Waals surface area contributed by atoms with Crippen LogP contribution in [0.5, 0.6) is 5.75 Å². The number of hydrogen-bond acceptors (Lipinski definition) is 5. The first kappa shape index (κ1) is 17.5. The molecule has 1 aliphatic rings. The van der Waals surface area contributed by atoms with E-state index in [4.69, 9.17) is 4.74 Å². The summed E-state index contributed by atoms with van der Waals surface area (Å²) >= 11 is 1.40. The lowest BCUT2D eigenvalue weighted by molar-refractivity contribution is -0.119. The van der Waals surface area contributed by atoms with Crippen LogP contribution in [0.4, 0.5) is 11.4 Å². The molecule has 138 valence electrons. The highest BCUT2D eigenvalue weighted by molar-refractivity contribution is 7.20. The molecule has 0 radical (unpaired) electrons. The largest absolute Gasteiger partial charge is 0.495 e. The fourth-order valence-corrected chi connectivity index (χ4v) is 4.15. The molecule has 1 saturated heterocycles. The maximum absolute atomic E-state index is 12.7. The Labute approximate surface area is 160 Å². The summed E-state index contributed by atoms with van der Waals surface area (Å²) in [6, 6.07) is 9.10. The smallest absolute Gasteiger partial charge is 0.265 e. The second kappa shape index (κ2) is 7.36. The van der Waals surface area contributed by atoms with Crippen LogP contribution in [0.1, 0.15) is 28.9 Å². The number of nitrogens with zero attached hydrogens (tertiary/aromatic N) is 2. The van der Waals surface area contributed by atoms with E-state index in [1.165, 1.54) is 11.3 Å². The Morgan fingerprint density at radius 1 is 1.26 bits per heavy atom. The number of methoxy groups -OCH3 is 1. The molecule has 4 rings (SSSR count). The fourth-order valence-electron chi connectivity index (χ4n) is 3.23.